The molecule has 0 radical (unpaired) electrons. The second-order valence-corrected chi connectivity index (χ2v) is 8.81. The summed E-state index contributed by atoms with van der Waals surface area (Å²) in [6.07, 6.45) is 2.08. The van der Waals surface area contributed by atoms with Crippen LogP contribution in [0.1, 0.15) is 41.3 Å². The third-order valence-corrected chi connectivity index (χ3v) is 6.58. The fraction of sp³-hybridized carbons (Fsp3) is 0.276. The molecule has 34 heavy (non-hydrogen) atoms. The number of nitrogens with zero attached hydrogens (tertiary/aromatic N) is 1. The normalized spacial score (nSPS) is 16.2. The molecule has 1 saturated heterocycles. The molecule has 1 heterocycles. The summed E-state index contributed by atoms with van der Waals surface area (Å²) in [4.78, 5) is 28.1. The van der Waals surface area contributed by atoms with E-state index in [1.807, 2.05) is 83.8 Å². The van der Waals surface area contributed by atoms with Crippen LogP contribution in [0.15, 0.2) is 78.9 Å². The van der Waals surface area contributed by atoms with Gasteiger partial charge >= 0.3 is 5.97 Å². The first-order valence-corrected chi connectivity index (χ1v) is 11.7. The molecular weight excluding hydrogens is 424 g/mol. The van der Waals surface area contributed by atoms with E-state index in [4.69, 9.17) is 10.1 Å². The number of hydrogen-bond donors (Lipinski definition) is 1. The van der Waals surface area contributed by atoms with E-state index >= 15 is 0 Å². The Balaban J connectivity index is 1.56. The predicted octanol–water partition coefficient (Wildman–Crippen LogP) is 5.38. The molecule has 1 N–H and O–H groups in total. The van der Waals surface area contributed by atoms with Gasteiger partial charge in [0.05, 0.1) is 13.0 Å². The van der Waals surface area contributed by atoms with Crippen molar-refractivity contribution in [1.29, 1.82) is 5.41 Å². The summed E-state index contributed by atoms with van der Waals surface area (Å²) in [5.41, 5.74) is 5.06. The molecule has 4 rings (SSSR count). The number of esters is 1. The number of methoxy groups -OCH3 is 1. The van der Waals surface area contributed by atoms with Gasteiger partial charge in [-0.25, -0.2) is 0 Å². The zero-order valence-corrected chi connectivity index (χ0v) is 19.7. The van der Waals surface area contributed by atoms with E-state index in [0.717, 1.165) is 35.1 Å². The van der Waals surface area contributed by atoms with Crippen LogP contribution in [-0.2, 0) is 16.0 Å². The molecule has 0 saturated carbocycles. The monoisotopic (exact) mass is 454 g/mol. The maximum absolute atomic E-state index is 13.5. The van der Waals surface area contributed by atoms with E-state index in [-0.39, 0.29) is 17.9 Å². The highest BCUT2D eigenvalue weighted by Crippen LogP contribution is 2.30. The van der Waals surface area contributed by atoms with Crippen LogP contribution in [-0.4, -0.2) is 42.2 Å². The number of benzene rings is 3. The van der Waals surface area contributed by atoms with Gasteiger partial charge in [-0.05, 0) is 66.6 Å². The van der Waals surface area contributed by atoms with Crippen LogP contribution in [0.25, 0.3) is 11.1 Å². The number of carbonyl (C=O) groups excluding carboxylic acids is 2. The second-order valence-electron chi connectivity index (χ2n) is 8.81. The van der Waals surface area contributed by atoms with Gasteiger partial charge < -0.3 is 15.0 Å². The van der Waals surface area contributed by atoms with E-state index in [1.54, 1.807) is 6.92 Å². The minimum absolute atomic E-state index is 0.0555. The van der Waals surface area contributed by atoms with Gasteiger partial charge in [0.15, 0.2) is 0 Å². The Labute approximate surface area is 200 Å². The van der Waals surface area contributed by atoms with Crippen molar-refractivity contribution in [2.24, 2.45) is 5.92 Å². The molecule has 0 bridgehead atoms. The zero-order chi connectivity index (χ0) is 24.1. The zero-order valence-electron chi connectivity index (χ0n) is 19.7. The first kappa shape index (κ1) is 23.4. The molecule has 0 spiro atoms. The molecule has 3 aromatic rings. The maximum atomic E-state index is 13.5. The fourth-order valence-electron chi connectivity index (χ4n) is 4.78. The Kier molecular flexibility index (Phi) is 7.21. The molecule has 1 aliphatic heterocycles. The molecule has 2 atom stereocenters. The average Bonchev–Trinajstić information content (AvgIpc) is 3.37. The summed E-state index contributed by atoms with van der Waals surface area (Å²) in [7, 11) is 1.40. The molecule has 1 amide bonds. The van der Waals surface area contributed by atoms with E-state index in [2.05, 4.69) is 0 Å². The van der Waals surface area contributed by atoms with Gasteiger partial charge in [-0.15, -0.1) is 0 Å². The van der Waals surface area contributed by atoms with Gasteiger partial charge in [-0.3, -0.25) is 9.59 Å². The molecule has 1 fully saturated rings. The van der Waals surface area contributed by atoms with E-state index in [0.29, 0.717) is 24.2 Å². The lowest BCUT2D eigenvalue weighted by Crippen LogP contribution is -2.44. The van der Waals surface area contributed by atoms with Crippen LogP contribution >= 0.6 is 0 Å². The van der Waals surface area contributed by atoms with Crippen LogP contribution in [0.4, 0.5) is 0 Å². The highest BCUT2D eigenvalue weighted by atomic mass is 16.5. The summed E-state index contributed by atoms with van der Waals surface area (Å²) in [6, 6.07) is 25.2. The molecular formula is C29H30N2O3. The number of likely N-dealkylation sites (tertiary alicyclic amines) is 1. The van der Waals surface area contributed by atoms with E-state index < -0.39 is 5.92 Å². The number of amides is 1. The molecule has 0 aliphatic carbocycles. The van der Waals surface area contributed by atoms with Gasteiger partial charge in [0.25, 0.3) is 5.91 Å². The highest BCUT2D eigenvalue weighted by Gasteiger charge is 2.39. The Morgan fingerprint density at radius 2 is 1.68 bits per heavy atom. The molecule has 3 aromatic carbocycles. The SMILES string of the molecule is COC(=O)C(Cc1cccc(C(C)=N)c1)C1CCCN1C(=O)c1ccc(-c2ccccc2)cc1. The molecule has 0 aromatic heterocycles. The van der Waals surface area contributed by atoms with Crippen molar-refractivity contribution in [3.8, 4) is 11.1 Å². The van der Waals surface area contributed by atoms with Crippen molar-refractivity contribution in [3.05, 3.63) is 95.6 Å². The van der Waals surface area contributed by atoms with Crippen LogP contribution < -0.4 is 0 Å². The number of hydrogen-bond acceptors (Lipinski definition) is 4. The van der Waals surface area contributed by atoms with E-state index in [9.17, 15) is 9.59 Å². The predicted molar refractivity (Wildman–Crippen MR) is 134 cm³/mol. The largest absolute Gasteiger partial charge is 0.469 e. The maximum Gasteiger partial charge on any atom is 0.311 e. The quantitative estimate of drug-likeness (QED) is 0.385. The highest BCUT2D eigenvalue weighted by molar-refractivity contribution is 5.96. The Morgan fingerprint density at radius 3 is 2.35 bits per heavy atom. The van der Waals surface area contributed by atoms with Crippen LogP contribution in [0.5, 0.6) is 0 Å². The Hall–Kier alpha value is -3.73. The van der Waals surface area contributed by atoms with Crippen molar-refractivity contribution in [1.82, 2.24) is 4.90 Å². The third kappa shape index (κ3) is 5.09. The Bertz CT molecular complexity index is 1170. The number of carbonyl (C=O) groups is 2. The minimum Gasteiger partial charge on any atom is -0.469 e. The first-order valence-electron chi connectivity index (χ1n) is 11.7. The Morgan fingerprint density at radius 1 is 0.971 bits per heavy atom. The summed E-state index contributed by atoms with van der Waals surface area (Å²) in [6.45, 7) is 2.37. The van der Waals surface area contributed by atoms with Gasteiger partial charge in [-0.2, -0.15) is 0 Å². The van der Waals surface area contributed by atoms with Crippen LogP contribution in [0.2, 0.25) is 0 Å². The minimum atomic E-state index is -0.457. The molecule has 5 nitrogen and oxygen atoms in total. The van der Waals surface area contributed by atoms with Gasteiger partial charge in [0.1, 0.15) is 0 Å². The topological polar surface area (TPSA) is 70.5 Å². The lowest BCUT2D eigenvalue weighted by atomic mass is 9.89. The molecule has 2 unspecified atom stereocenters. The van der Waals surface area contributed by atoms with Crippen molar-refractivity contribution < 1.29 is 14.3 Å². The van der Waals surface area contributed by atoms with Crippen molar-refractivity contribution in [2.45, 2.75) is 32.2 Å². The van der Waals surface area contributed by atoms with Crippen molar-refractivity contribution >= 4 is 17.6 Å². The van der Waals surface area contributed by atoms with Crippen LogP contribution in [0.3, 0.4) is 0 Å². The van der Waals surface area contributed by atoms with Gasteiger partial charge in [0, 0.05) is 23.9 Å². The van der Waals surface area contributed by atoms with Gasteiger partial charge in [0.2, 0.25) is 0 Å². The van der Waals surface area contributed by atoms with E-state index in [1.165, 1.54) is 7.11 Å². The fourth-order valence-corrected chi connectivity index (χ4v) is 4.78. The summed E-state index contributed by atoms with van der Waals surface area (Å²) in [5, 5.41) is 7.91. The lowest BCUT2D eigenvalue weighted by molar-refractivity contribution is -0.147. The number of rotatable bonds is 7. The van der Waals surface area contributed by atoms with Crippen molar-refractivity contribution in [3.63, 3.8) is 0 Å². The van der Waals surface area contributed by atoms with Crippen molar-refractivity contribution in [2.75, 3.05) is 13.7 Å². The van der Waals surface area contributed by atoms with Crippen LogP contribution in [0, 0.1) is 11.3 Å². The summed E-state index contributed by atoms with van der Waals surface area (Å²) in [5.74, 6) is -0.817. The smallest absolute Gasteiger partial charge is 0.311 e. The lowest BCUT2D eigenvalue weighted by Gasteiger charge is -2.30. The molecule has 5 heteroatoms. The third-order valence-electron chi connectivity index (χ3n) is 6.58. The molecule has 1 aliphatic rings. The number of nitrogens with one attached hydrogen (secondary N) is 1. The summed E-state index contributed by atoms with van der Waals surface area (Å²) >= 11 is 0. The average molecular weight is 455 g/mol. The first-order chi connectivity index (χ1) is 16.5. The van der Waals surface area contributed by atoms with Gasteiger partial charge in [-0.1, -0.05) is 60.7 Å². The molecule has 174 valence electrons. The number of ether oxygens (including phenoxy) is 1. The standard InChI is InChI=1S/C29H30N2O3/c1-20(30)25-11-6-8-21(18-25)19-26(29(33)34-2)27-12-7-17-31(27)28(32)24-15-13-23(14-16-24)22-9-4-3-5-10-22/h3-6,8-11,13-16,18,26-27,30H,7,12,17,19H2,1-2H3. The summed E-state index contributed by atoms with van der Waals surface area (Å²) < 4.78 is 5.15. The second kappa shape index (κ2) is 10.5.